The lowest BCUT2D eigenvalue weighted by atomic mass is 9.81. The van der Waals surface area contributed by atoms with Crippen LogP contribution in [-0.4, -0.2) is 6.04 Å². The van der Waals surface area contributed by atoms with Crippen LogP contribution in [0.1, 0.15) is 33.1 Å². The Hall–Kier alpha value is -0.0400. The first-order valence-electron chi connectivity index (χ1n) is 3.94. The molecule has 0 saturated heterocycles. The molecule has 9 heavy (non-hydrogen) atoms. The molecule has 0 aromatic rings. The third-order valence-electron chi connectivity index (χ3n) is 2.21. The smallest absolute Gasteiger partial charge is 0.00439 e. The van der Waals surface area contributed by atoms with Crippen LogP contribution in [0, 0.1) is 11.8 Å². The van der Waals surface area contributed by atoms with Crippen LogP contribution in [0.3, 0.4) is 0 Å². The molecule has 0 radical (unpaired) electrons. The number of rotatable bonds is 0. The van der Waals surface area contributed by atoms with E-state index in [4.69, 9.17) is 5.73 Å². The molecule has 1 fully saturated rings. The number of hydrogen-bond acceptors (Lipinski definition) is 1. The normalized spacial score (nSPS) is 45.0. The van der Waals surface area contributed by atoms with E-state index in [9.17, 15) is 0 Å². The van der Waals surface area contributed by atoms with Crippen molar-refractivity contribution in [1.82, 2.24) is 0 Å². The van der Waals surface area contributed by atoms with Gasteiger partial charge in [-0.05, 0) is 31.1 Å². The van der Waals surface area contributed by atoms with Crippen LogP contribution in [0.4, 0.5) is 0 Å². The van der Waals surface area contributed by atoms with Crippen LogP contribution in [0.15, 0.2) is 0 Å². The standard InChI is InChI=1S/C8H17N/c1-6-3-7(2)5-8(9)4-6/h6-8H,3-5,9H2,1-2H3/t6-,7?,8-/m0/s1. The molecule has 2 N–H and O–H groups in total. The van der Waals surface area contributed by atoms with E-state index in [-0.39, 0.29) is 0 Å². The molecule has 0 aromatic carbocycles. The Morgan fingerprint density at radius 2 is 1.44 bits per heavy atom. The Kier molecular flexibility index (Phi) is 2.12. The second kappa shape index (κ2) is 2.70. The zero-order valence-corrected chi connectivity index (χ0v) is 6.43. The van der Waals surface area contributed by atoms with Crippen molar-refractivity contribution in [3.05, 3.63) is 0 Å². The molecule has 0 bridgehead atoms. The van der Waals surface area contributed by atoms with Crippen LogP contribution < -0.4 is 5.73 Å². The molecule has 1 aliphatic rings. The summed E-state index contributed by atoms with van der Waals surface area (Å²) in [6.07, 6.45) is 3.86. The van der Waals surface area contributed by atoms with Gasteiger partial charge in [-0.3, -0.25) is 0 Å². The fraction of sp³-hybridized carbons (Fsp3) is 1.00. The van der Waals surface area contributed by atoms with Gasteiger partial charge in [-0.25, -0.2) is 0 Å². The average molecular weight is 127 g/mol. The third-order valence-corrected chi connectivity index (χ3v) is 2.21. The van der Waals surface area contributed by atoms with Crippen molar-refractivity contribution < 1.29 is 0 Å². The van der Waals surface area contributed by atoms with Crippen molar-refractivity contribution in [2.24, 2.45) is 17.6 Å². The molecule has 0 amide bonds. The van der Waals surface area contributed by atoms with E-state index < -0.39 is 0 Å². The fourth-order valence-corrected chi connectivity index (χ4v) is 2.01. The summed E-state index contributed by atoms with van der Waals surface area (Å²) < 4.78 is 0. The maximum atomic E-state index is 5.82. The topological polar surface area (TPSA) is 26.0 Å². The Morgan fingerprint density at radius 1 is 1.00 bits per heavy atom. The lowest BCUT2D eigenvalue weighted by Gasteiger charge is -2.28. The first-order valence-corrected chi connectivity index (χ1v) is 3.94. The molecular formula is C8H17N. The van der Waals surface area contributed by atoms with Gasteiger partial charge in [-0.1, -0.05) is 13.8 Å². The molecule has 1 saturated carbocycles. The summed E-state index contributed by atoms with van der Waals surface area (Å²) in [7, 11) is 0. The Labute approximate surface area is 57.6 Å². The van der Waals surface area contributed by atoms with E-state index in [0.717, 1.165) is 11.8 Å². The van der Waals surface area contributed by atoms with Gasteiger partial charge in [0.15, 0.2) is 0 Å². The van der Waals surface area contributed by atoms with Crippen LogP contribution in [0.5, 0.6) is 0 Å². The average Bonchev–Trinajstić information content (AvgIpc) is 1.59. The van der Waals surface area contributed by atoms with Crippen molar-refractivity contribution in [2.45, 2.75) is 39.2 Å². The first-order chi connectivity index (χ1) is 4.18. The monoisotopic (exact) mass is 127 g/mol. The summed E-state index contributed by atoms with van der Waals surface area (Å²) in [6.45, 7) is 4.60. The van der Waals surface area contributed by atoms with Gasteiger partial charge in [-0.15, -0.1) is 0 Å². The second-order valence-electron chi connectivity index (χ2n) is 3.68. The maximum absolute atomic E-state index is 5.82. The molecule has 1 unspecified atom stereocenters. The first kappa shape index (κ1) is 7.07. The van der Waals surface area contributed by atoms with Crippen molar-refractivity contribution >= 4 is 0 Å². The summed E-state index contributed by atoms with van der Waals surface area (Å²) in [4.78, 5) is 0. The van der Waals surface area contributed by atoms with Crippen LogP contribution in [0.2, 0.25) is 0 Å². The zero-order chi connectivity index (χ0) is 6.85. The van der Waals surface area contributed by atoms with Crippen molar-refractivity contribution in [3.8, 4) is 0 Å². The number of nitrogens with two attached hydrogens (primary N) is 1. The highest BCUT2D eigenvalue weighted by Gasteiger charge is 2.20. The van der Waals surface area contributed by atoms with E-state index in [2.05, 4.69) is 13.8 Å². The Bertz CT molecular complexity index is 65.5. The van der Waals surface area contributed by atoms with Crippen LogP contribution in [-0.2, 0) is 0 Å². The molecule has 54 valence electrons. The highest BCUT2D eigenvalue weighted by molar-refractivity contribution is 4.76. The minimum absolute atomic E-state index is 0.490. The summed E-state index contributed by atoms with van der Waals surface area (Å²) in [5, 5.41) is 0. The second-order valence-corrected chi connectivity index (χ2v) is 3.68. The molecule has 0 spiro atoms. The minimum Gasteiger partial charge on any atom is -0.328 e. The quantitative estimate of drug-likeness (QED) is 0.527. The van der Waals surface area contributed by atoms with Gasteiger partial charge in [0.05, 0.1) is 0 Å². The summed E-state index contributed by atoms with van der Waals surface area (Å²) in [5.41, 5.74) is 5.82. The highest BCUT2D eigenvalue weighted by atomic mass is 14.6. The van der Waals surface area contributed by atoms with Gasteiger partial charge in [0.2, 0.25) is 0 Å². The third kappa shape index (κ3) is 1.98. The summed E-state index contributed by atoms with van der Waals surface area (Å²) in [6, 6.07) is 0.490. The highest BCUT2D eigenvalue weighted by Crippen LogP contribution is 2.26. The van der Waals surface area contributed by atoms with Crippen molar-refractivity contribution in [2.75, 3.05) is 0 Å². The maximum Gasteiger partial charge on any atom is 0.00439 e. The number of hydrogen-bond donors (Lipinski definition) is 1. The van der Waals surface area contributed by atoms with Crippen LogP contribution >= 0.6 is 0 Å². The lowest BCUT2D eigenvalue weighted by molar-refractivity contribution is 0.269. The van der Waals surface area contributed by atoms with E-state index in [0.29, 0.717) is 6.04 Å². The van der Waals surface area contributed by atoms with E-state index in [1.54, 1.807) is 0 Å². The van der Waals surface area contributed by atoms with Gasteiger partial charge in [0.1, 0.15) is 0 Å². The van der Waals surface area contributed by atoms with E-state index >= 15 is 0 Å². The Morgan fingerprint density at radius 3 is 1.78 bits per heavy atom. The van der Waals surface area contributed by atoms with Crippen molar-refractivity contribution in [3.63, 3.8) is 0 Å². The zero-order valence-electron chi connectivity index (χ0n) is 6.43. The summed E-state index contributed by atoms with van der Waals surface area (Å²) in [5.74, 6) is 1.73. The molecule has 3 atom stereocenters. The predicted octanol–water partition coefficient (Wildman–Crippen LogP) is 1.77. The largest absolute Gasteiger partial charge is 0.328 e. The SMILES string of the molecule is CC1C[C@H](C)C[C@H](N)C1. The van der Waals surface area contributed by atoms with Gasteiger partial charge >= 0.3 is 0 Å². The minimum atomic E-state index is 0.490. The molecule has 1 aliphatic carbocycles. The molecule has 1 nitrogen and oxygen atoms in total. The summed E-state index contributed by atoms with van der Waals surface area (Å²) >= 11 is 0. The lowest BCUT2D eigenvalue weighted by Crippen LogP contribution is -2.30. The van der Waals surface area contributed by atoms with Crippen molar-refractivity contribution in [1.29, 1.82) is 0 Å². The van der Waals surface area contributed by atoms with Gasteiger partial charge < -0.3 is 5.73 Å². The van der Waals surface area contributed by atoms with E-state index in [1.165, 1.54) is 19.3 Å². The molecule has 0 aliphatic heterocycles. The van der Waals surface area contributed by atoms with Gasteiger partial charge in [0.25, 0.3) is 0 Å². The van der Waals surface area contributed by atoms with E-state index in [1.807, 2.05) is 0 Å². The molecular weight excluding hydrogens is 110 g/mol. The molecule has 1 rings (SSSR count). The van der Waals surface area contributed by atoms with Crippen LogP contribution in [0.25, 0.3) is 0 Å². The molecule has 0 aromatic heterocycles. The predicted molar refractivity (Wildman–Crippen MR) is 40.2 cm³/mol. The van der Waals surface area contributed by atoms with Gasteiger partial charge in [-0.2, -0.15) is 0 Å². The fourth-order valence-electron chi connectivity index (χ4n) is 2.01. The van der Waals surface area contributed by atoms with Gasteiger partial charge in [0, 0.05) is 6.04 Å². The molecule has 1 heteroatoms. The molecule has 0 heterocycles. The Balaban J connectivity index is 2.34.